The first-order valence-corrected chi connectivity index (χ1v) is 6.31. The standard InChI is InChI=1S/C13H18N2O3/c16-11-5-3-1-2-4-10(11)15-12-8-9(13(17)18)6-7-14-12/h6-8,10-11,16H,1-5H2,(H,14,15)(H,17,18). The summed E-state index contributed by atoms with van der Waals surface area (Å²) in [7, 11) is 0. The number of nitrogens with one attached hydrogen (secondary N) is 1. The summed E-state index contributed by atoms with van der Waals surface area (Å²) in [6.45, 7) is 0. The average Bonchev–Trinajstić information content (AvgIpc) is 2.55. The van der Waals surface area contributed by atoms with Crippen LogP contribution in [0.4, 0.5) is 5.82 Å². The van der Waals surface area contributed by atoms with Crippen LogP contribution in [-0.4, -0.2) is 33.3 Å². The third-order valence-electron chi connectivity index (χ3n) is 3.32. The number of carboxylic acids is 1. The highest BCUT2D eigenvalue weighted by Crippen LogP contribution is 2.21. The van der Waals surface area contributed by atoms with Gasteiger partial charge in [-0.25, -0.2) is 9.78 Å². The predicted molar refractivity (Wildman–Crippen MR) is 67.7 cm³/mol. The van der Waals surface area contributed by atoms with Crippen molar-refractivity contribution in [2.24, 2.45) is 0 Å². The first kappa shape index (κ1) is 12.8. The fourth-order valence-electron chi connectivity index (χ4n) is 2.29. The lowest BCUT2D eigenvalue weighted by atomic mass is 10.1. The van der Waals surface area contributed by atoms with Crippen LogP contribution in [0.15, 0.2) is 18.3 Å². The van der Waals surface area contributed by atoms with Gasteiger partial charge in [-0.15, -0.1) is 0 Å². The van der Waals surface area contributed by atoms with Gasteiger partial charge in [0, 0.05) is 6.20 Å². The molecule has 1 aliphatic rings. The number of hydrogen-bond donors (Lipinski definition) is 3. The molecule has 2 atom stereocenters. The number of aromatic carboxylic acids is 1. The van der Waals surface area contributed by atoms with Crippen molar-refractivity contribution in [2.45, 2.75) is 44.2 Å². The summed E-state index contributed by atoms with van der Waals surface area (Å²) in [5.74, 6) is -0.456. The van der Waals surface area contributed by atoms with Crippen molar-refractivity contribution in [3.8, 4) is 0 Å². The Labute approximate surface area is 106 Å². The van der Waals surface area contributed by atoms with E-state index in [0.717, 1.165) is 32.1 Å². The van der Waals surface area contributed by atoms with E-state index in [-0.39, 0.29) is 17.7 Å². The number of aromatic nitrogens is 1. The number of aliphatic hydroxyl groups is 1. The molecule has 1 aliphatic carbocycles. The van der Waals surface area contributed by atoms with Crippen LogP contribution in [0, 0.1) is 0 Å². The molecule has 18 heavy (non-hydrogen) atoms. The Hall–Kier alpha value is -1.62. The van der Waals surface area contributed by atoms with E-state index in [0.29, 0.717) is 5.82 Å². The Morgan fingerprint density at radius 1 is 1.33 bits per heavy atom. The second kappa shape index (κ2) is 5.82. The molecular formula is C13H18N2O3. The number of carboxylic acid groups (broad SMARTS) is 1. The van der Waals surface area contributed by atoms with E-state index < -0.39 is 5.97 Å². The maximum absolute atomic E-state index is 10.9. The van der Waals surface area contributed by atoms with Crippen molar-refractivity contribution in [1.82, 2.24) is 4.98 Å². The minimum atomic E-state index is -0.970. The molecular weight excluding hydrogens is 232 g/mol. The highest BCUT2D eigenvalue weighted by molar-refractivity contribution is 5.88. The van der Waals surface area contributed by atoms with E-state index in [9.17, 15) is 9.90 Å². The monoisotopic (exact) mass is 250 g/mol. The van der Waals surface area contributed by atoms with Gasteiger partial charge in [0.05, 0.1) is 17.7 Å². The lowest BCUT2D eigenvalue weighted by molar-refractivity contribution is 0.0697. The molecule has 1 saturated carbocycles. The Morgan fingerprint density at radius 3 is 2.89 bits per heavy atom. The first-order valence-electron chi connectivity index (χ1n) is 6.31. The van der Waals surface area contributed by atoms with Crippen LogP contribution < -0.4 is 5.32 Å². The number of nitrogens with zero attached hydrogens (tertiary/aromatic N) is 1. The van der Waals surface area contributed by atoms with E-state index in [1.165, 1.54) is 18.3 Å². The molecule has 0 aromatic carbocycles. The molecule has 1 heterocycles. The summed E-state index contributed by atoms with van der Waals surface area (Å²) in [6, 6.07) is 2.92. The number of pyridine rings is 1. The maximum Gasteiger partial charge on any atom is 0.335 e. The van der Waals surface area contributed by atoms with Gasteiger partial charge < -0.3 is 15.5 Å². The lowest BCUT2D eigenvalue weighted by Gasteiger charge is -2.22. The second-order valence-electron chi connectivity index (χ2n) is 4.69. The van der Waals surface area contributed by atoms with Gasteiger partial charge in [-0.05, 0) is 25.0 Å². The molecule has 0 amide bonds. The summed E-state index contributed by atoms with van der Waals surface area (Å²) in [5, 5.41) is 22.0. The molecule has 0 saturated heterocycles. The number of rotatable bonds is 3. The Balaban J connectivity index is 2.07. The van der Waals surface area contributed by atoms with Crippen LogP contribution in [0.2, 0.25) is 0 Å². The molecule has 0 aliphatic heterocycles. The van der Waals surface area contributed by atoms with Crippen molar-refractivity contribution in [3.63, 3.8) is 0 Å². The third-order valence-corrected chi connectivity index (χ3v) is 3.32. The van der Waals surface area contributed by atoms with Crippen LogP contribution in [0.3, 0.4) is 0 Å². The van der Waals surface area contributed by atoms with Gasteiger partial charge in [-0.1, -0.05) is 19.3 Å². The molecule has 5 nitrogen and oxygen atoms in total. The van der Waals surface area contributed by atoms with E-state index in [1.807, 2.05) is 0 Å². The molecule has 1 aromatic rings. The van der Waals surface area contributed by atoms with E-state index in [2.05, 4.69) is 10.3 Å². The van der Waals surface area contributed by atoms with E-state index >= 15 is 0 Å². The van der Waals surface area contributed by atoms with Gasteiger partial charge in [0.1, 0.15) is 5.82 Å². The zero-order chi connectivity index (χ0) is 13.0. The smallest absolute Gasteiger partial charge is 0.335 e. The van der Waals surface area contributed by atoms with Gasteiger partial charge in [-0.2, -0.15) is 0 Å². The molecule has 0 spiro atoms. The number of hydrogen-bond acceptors (Lipinski definition) is 4. The van der Waals surface area contributed by atoms with E-state index in [1.54, 1.807) is 0 Å². The maximum atomic E-state index is 10.9. The third kappa shape index (κ3) is 3.20. The molecule has 98 valence electrons. The zero-order valence-corrected chi connectivity index (χ0v) is 10.2. The molecule has 1 aromatic heterocycles. The van der Waals surface area contributed by atoms with Gasteiger partial charge >= 0.3 is 5.97 Å². The SMILES string of the molecule is O=C(O)c1ccnc(NC2CCCCCC2O)c1. The fourth-order valence-corrected chi connectivity index (χ4v) is 2.29. The van der Waals surface area contributed by atoms with Crippen molar-refractivity contribution < 1.29 is 15.0 Å². The highest BCUT2D eigenvalue weighted by Gasteiger charge is 2.21. The van der Waals surface area contributed by atoms with Gasteiger partial charge in [0.2, 0.25) is 0 Å². The topological polar surface area (TPSA) is 82.5 Å². The summed E-state index contributed by atoms with van der Waals surface area (Å²) >= 11 is 0. The van der Waals surface area contributed by atoms with Crippen LogP contribution in [0.25, 0.3) is 0 Å². The van der Waals surface area contributed by atoms with Crippen LogP contribution in [0.5, 0.6) is 0 Å². The molecule has 0 radical (unpaired) electrons. The highest BCUT2D eigenvalue weighted by atomic mass is 16.4. The van der Waals surface area contributed by atoms with Crippen molar-refractivity contribution in [3.05, 3.63) is 23.9 Å². The Bertz CT molecular complexity index is 422. The lowest BCUT2D eigenvalue weighted by Crippen LogP contribution is -2.32. The van der Waals surface area contributed by atoms with Crippen molar-refractivity contribution >= 4 is 11.8 Å². The summed E-state index contributed by atoms with van der Waals surface area (Å²) in [5.41, 5.74) is 0.204. The van der Waals surface area contributed by atoms with Crippen LogP contribution in [-0.2, 0) is 0 Å². The normalized spacial score (nSPS) is 24.3. The minimum absolute atomic E-state index is 0.0379. The Morgan fingerprint density at radius 2 is 2.11 bits per heavy atom. The molecule has 2 rings (SSSR count). The molecule has 1 fully saturated rings. The van der Waals surface area contributed by atoms with Gasteiger partial charge in [0.25, 0.3) is 0 Å². The summed E-state index contributed by atoms with van der Waals surface area (Å²) < 4.78 is 0. The summed E-state index contributed by atoms with van der Waals surface area (Å²) in [4.78, 5) is 15.0. The largest absolute Gasteiger partial charge is 0.478 e. The second-order valence-corrected chi connectivity index (χ2v) is 4.69. The fraction of sp³-hybridized carbons (Fsp3) is 0.538. The Kier molecular flexibility index (Phi) is 4.15. The minimum Gasteiger partial charge on any atom is -0.478 e. The number of anilines is 1. The quantitative estimate of drug-likeness (QED) is 0.713. The van der Waals surface area contributed by atoms with Crippen LogP contribution >= 0.6 is 0 Å². The van der Waals surface area contributed by atoms with Crippen molar-refractivity contribution in [2.75, 3.05) is 5.32 Å². The molecule has 5 heteroatoms. The number of aliphatic hydroxyl groups excluding tert-OH is 1. The molecule has 0 bridgehead atoms. The van der Waals surface area contributed by atoms with E-state index in [4.69, 9.17) is 5.11 Å². The first-order chi connectivity index (χ1) is 8.66. The summed E-state index contributed by atoms with van der Waals surface area (Å²) in [6.07, 6.45) is 6.01. The van der Waals surface area contributed by atoms with Gasteiger partial charge in [0.15, 0.2) is 0 Å². The molecule has 2 unspecified atom stereocenters. The van der Waals surface area contributed by atoms with Crippen LogP contribution in [0.1, 0.15) is 42.5 Å². The van der Waals surface area contributed by atoms with Gasteiger partial charge in [-0.3, -0.25) is 0 Å². The predicted octanol–water partition coefficient (Wildman–Crippen LogP) is 1.89. The average molecular weight is 250 g/mol. The molecule has 3 N–H and O–H groups in total. The van der Waals surface area contributed by atoms with Crippen molar-refractivity contribution in [1.29, 1.82) is 0 Å². The zero-order valence-electron chi connectivity index (χ0n) is 10.2. The number of carbonyl (C=O) groups is 1.